The summed E-state index contributed by atoms with van der Waals surface area (Å²) in [5.74, 6) is 0. The number of nitrogens with zero attached hydrogens (tertiary/aromatic N) is 3. The first-order chi connectivity index (χ1) is 10.1. The quantitative estimate of drug-likeness (QED) is 0.368. The maximum Gasteiger partial charge on any atom is 0.171 e. The van der Waals surface area contributed by atoms with Gasteiger partial charge in [0.05, 0.1) is 17.0 Å². The molecule has 3 unspecified atom stereocenters. The molecule has 0 bridgehead atoms. The highest BCUT2D eigenvalue weighted by Gasteiger charge is 2.53. The molecule has 0 heterocycles. The third-order valence-electron chi connectivity index (χ3n) is 4.15. The van der Waals surface area contributed by atoms with Crippen molar-refractivity contribution in [1.29, 1.82) is 0 Å². The van der Waals surface area contributed by atoms with Crippen molar-refractivity contribution >= 4 is 8.07 Å². The van der Waals surface area contributed by atoms with E-state index in [1.807, 2.05) is 20.8 Å². The zero-order chi connectivity index (χ0) is 16.3. The molecule has 0 aliphatic carbocycles. The van der Waals surface area contributed by atoms with Crippen molar-refractivity contribution in [3.05, 3.63) is 27.0 Å². The van der Waals surface area contributed by atoms with Gasteiger partial charge in [-0.15, -0.1) is 6.58 Å². The number of hydrogen-bond donors (Lipinski definition) is 0. The van der Waals surface area contributed by atoms with Gasteiger partial charge in [0.15, 0.2) is 8.07 Å². The highest BCUT2D eigenvalue weighted by Crippen LogP contribution is 2.33. The molecule has 0 aromatic carbocycles. The molecule has 0 saturated heterocycles. The summed E-state index contributed by atoms with van der Waals surface area (Å²) in [5.41, 5.74) is -0.0338. The van der Waals surface area contributed by atoms with Crippen LogP contribution in [-0.2, 0) is 0 Å². The summed E-state index contributed by atoms with van der Waals surface area (Å²) in [5, 5.41) is 9.80. The molecular formula is C14H27N3O3Si. The molecule has 0 radical (unpaired) electrons. The maximum atomic E-state index is 11.4. The van der Waals surface area contributed by atoms with E-state index in [1.165, 1.54) is 0 Å². The van der Waals surface area contributed by atoms with Gasteiger partial charge in [-0.2, -0.15) is 14.7 Å². The lowest BCUT2D eigenvalue weighted by Crippen LogP contribution is -2.62. The average Bonchev–Trinajstić information content (AvgIpc) is 2.52. The Morgan fingerprint density at radius 2 is 1.10 bits per heavy atom. The van der Waals surface area contributed by atoms with E-state index in [9.17, 15) is 14.7 Å². The molecular weight excluding hydrogens is 286 g/mol. The smallest absolute Gasteiger partial charge is 0.151 e. The molecule has 0 amide bonds. The van der Waals surface area contributed by atoms with E-state index in [4.69, 9.17) is 0 Å². The van der Waals surface area contributed by atoms with Crippen LogP contribution in [0.15, 0.2) is 27.8 Å². The summed E-state index contributed by atoms with van der Waals surface area (Å²) in [7, 11) is -2.89. The van der Waals surface area contributed by atoms with E-state index >= 15 is 0 Å². The van der Waals surface area contributed by atoms with Gasteiger partial charge < -0.3 is 0 Å². The molecule has 6 nitrogen and oxygen atoms in total. The van der Waals surface area contributed by atoms with E-state index in [0.29, 0.717) is 19.3 Å². The second kappa shape index (κ2) is 10.5. The second-order valence-corrected chi connectivity index (χ2v) is 9.84. The van der Waals surface area contributed by atoms with Crippen LogP contribution >= 0.6 is 0 Å². The fourth-order valence-electron chi connectivity index (χ4n) is 3.08. The first kappa shape index (κ1) is 19.8. The van der Waals surface area contributed by atoms with E-state index in [-0.39, 0.29) is 0 Å². The summed E-state index contributed by atoms with van der Waals surface area (Å²) in [6.45, 7) is 9.71. The van der Waals surface area contributed by atoms with Gasteiger partial charge in [-0.1, -0.05) is 61.3 Å². The Balaban J connectivity index is 5.96. The van der Waals surface area contributed by atoms with Crippen LogP contribution < -0.4 is 0 Å². The van der Waals surface area contributed by atoms with Gasteiger partial charge in [-0.3, -0.25) is 0 Å². The second-order valence-electron chi connectivity index (χ2n) is 5.43. The summed E-state index contributed by atoms with van der Waals surface area (Å²) >= 11 is 0. The summed E-state index contributed by atoms with van der Waals surface area (Å²) < 4.78 is 0. The molecule has 0 N–H and O–H groups in total. The summed E-state index contributed by atoms with van der Waals surface area (Å²) in [6, 6.07) is 0. The lowest BCUT2D eigenvalue weighted by atomic mass is 10.3. The van der Waals surface area contributed by atoms with Crippen molar-refractivity contribution in [2.75, 3.05) is 0 Å². The normalized spacial score (nSPS) is 18.0. The predicted molar refractivity (Wildman–Crippen MR) is 89.4 cm³/mol. The van der Waals surface area contributed by atoms with Crippen LogP contribution in [0.3, 0.4) is 0 Å². The Labute approximate surface area is 127 Å². The largest absolute Gasteiger partial charge is 0.171 e. The Hall–Kier alpha value is -1.24. The van der Waals surface area contributed by atoms with Gasteiger partial charge in [0.25, 0.3) is 0 Å². The van der Waals surface area contributed by atoms with E-state index in [1.54, 1.807) is 5.70 Å². The van der Waals surface area contributed by atoms with Crippen LogP contribution in [0.25, 0.3) is 0 Å². The van der Waals surface area contributed by atoms with Crippen LogP contribution in [0.4, 0.5) is 0 Å². The SMILES string of the molecule is C=C[Si](C(CCC)N=O)(C(CCC)N=O)C(CCC)N=O. The van der Waals surface area contributed by atoms with Crippen LogP contribution in [0.2, 0.25) is 0 Å². The van der Waals surface area contributed by atoms with Crippen LogP contribution in [0.1, 0.15) is 59.3 Å². The van der Waals surface area contributed by atoms with Crippen molar-refractivity contribution in [2.45, 2.75) is 76.3 Å². The summed E-state index contributed by atoms with van der Waals surface area (Å²) in [4.78, 5) is 34.2. The first-order valence-corrected chi connectivity index (χ1v) is 10.0. The molecule has 0 aliphatic heterocycles. The molecule has 0 rings (SSSR count). The minimum atomic E-state index is -2.89. The Morgan fingerprint density at radius 3 is 1.24 bits per heavy atom. The average molecular weight is 313 g/mol. The number of hydrogen-bond acceptors (Lipinski definition) is 6. The number of rotatable bonds is 13. The Morgan fingerprint density at radius 1 is 0.810 bits per heavy atom. The van der Waals surface area contributed by atoms with Gasteiger partial charge in [0.2, 0.25) is 0 Å². The van der Waals surface area contributed by atoms with Gasteiger partial charge in [-0.25, -0.2) is 0 Å². The van der Waals surface area contributed by atoms with E-state index in [0.717, 1.165) is 19.3 Å². The van der Waals surface area contributed by atoms with Crippen molar-refractivity contribution in [1.82, 2.24) is 0 Å². The molecule has 0 aromatic rings. The lowest BCUT2D eigenvalue weighted by Gasteiger charge is -2.38. The van der Waals surface area contributed by atoms with Crippen LogP contribution in [-0.4, -0.2) is 25.1 Å². The fourth-order valence-corrected chi connectivity index (χ4v) is 8.14. The number of nitroso groups, excluding NO2 is 3. The maximum absolute atomic E-state index is 11.4. The topological polar surface area (TPSA) is 88.3 Å². The first-order valence-electron chi connectivity index (χ1n) is 7.73. The predicted octanol–water partition coefficient (Wildman–Crippen LogP) is 4.58. The monoisotopic (exact) mass is 313 g/mol. The Kier molecular flexibility index (Phi) is 9.86. The lowest BCUT2D eigenvalue weighted by molar-refractivity contribution is 0.618. The molecule has 0 aromatic heterocycles. The van der Waals surface area contributed by atoms with Crippen LogP contribution in [0.5, 0.6) is 0 Å². The molecule has 7 heteroatoms. The molecule has 0 aliphatic rings. The van der Waals surface area contributed by atoms with Gasteiger partial charge in [0.1, 0.15) is 0 Å². The van der Waals surface area contributed by atoms with Crippen LogP contribution in [0, 0.1) is 14.7 Å². The zero-order valence-electron chi connectivity index (χ0n) is 13.3. The minimum absolute atomic E-state index is 0.549. The van der Waals surface area contributed by atoms with E-state index in [2.05, 4.69) is 22.1 Å². The summed E-state index contributed by atoms with van der Waals surface area (Å²) in [6.07, 6.45) is 3.92. The van der Waals surface area contributed by atoms with Gasteiger partial charge in [-0.05, 0) is 19.3 Å². The van der Waals surface area contributed by atoms with Crippen molar-refractivity contribution in [3.8, 4) is 0 Å². The van der Waals surface area contributed by atoms with Crippen molar-refractivity contribution in [2.24, 2.45) is 15.5 Å². The minimum Gasteiger partial charge on any atom is -0.151 e. The van der Waals surface area contributed by atoms with Crippen molar-refractivity contribution in [3.63, 3.8) is 0 Å². The van der Waals surface area contributed by atoms with E-state index < -0.39 is 25.1 Å². The van der Waals surface area contributed by atoms with Gasteiger partial charge in [0, 0.05) is 0 Å². The molecule has 0 spiro atoms. The fraction of sp³-hybridized carbons (Fsp3) is 0.857. The third kappa shape index (κ3) is 4.36. The molecule has 3 atom stereocenters. The standard InChI is InChI=1S/C14H27N3O3Si/c1-5-9-12(15-18)21(8-4,13(16-19)10-6-2)14(17-20)11-7-3/h8,12-14H,4-7,9-11H2,1-3H3. The van der Waals surface area contributed by atoms with Gasteiger partial charge >= 0.3 is 0 Å². The third-order valence-corrected chi connectivity index (χ3v) is 9.51. The highest BCUT2D eigenvalue weighted by molar-refractivity contribution is 6.88. The van der Waals surface area contributed by atoms with Crippen molar-refractivity contribution < 1.29 is 0 Å². The highest BCUT2D eigenvalue weighted by atomic mass is 28.3. The molecule has 0 fully saturated rings. The molecule has 0 saturated carbocycles. The Bertz CT molecular complexity index is 307. The molecule has 120 valence electrons. The molecule has 21 heavy (non-hydrogen) atoms. The zero-order valence-corrected chi connectivity index (χ0v) is 14.3.